The van der Waals surface area contributed by atoms with Crippen LogP contribution >= 0.6 is 11.8 Å². The quantitative estimate of drug-likeness (QED) is 0.657. The SMILES string of the molecule is C(#CC(SC1CCCCC1)(c1ccccc1)N1CCOCC1)c1ccccc1. The zero-order valence-corrected chi connectivity index (χ0v) is 17.3. The number of benzene rings is 2. The van der Waals surface area contributed by atoms with Crippen LogP contribution < -0.4 is 0 Å². The molecule has 0 amide bonds. The summed E-state index contributed by atoms with van der Waals surface area (Å²) < 4.78 is 5.68. The summed E-state index contributed by atoms with van der Waals surface area (Å²) >= 11 is 2.09. The normalized spacial score (nSPS) is 20.7. The van der Waals surface area contributed by atoms with Crippen molar-refractivity contribution in [3.63, 3.8) is 0 Å². The van der Waals surface area contributed by atoms with Gasteiger partial charge in [0.2, 0.25) is 0 Å². The van der Waals surface area contributed by atoms with Crippen LogP contribution in [0.25, 0.3) is 0 Å². The van der Waals surface area contributed by atoms with Crippen LogP contribution in [0.2, 0.25) is 0 Å². The van der Waals surface area contributed by atoms with Gasteiger partial charge < -0.3 is 4.74 Å². The van der Waals surface area contributed by atoms with Gasteiger partial charge in [-0.2, -0.15) is 0 Å². The minimum Gasteiger partial charge on any atom is -0.379 e. The molecule has 2 fully saturated rings. The highest BCUT2D eigenvalue weighted by Gasteiger charge is 2.41. The molecule has 1 saturated carbocycles. The Morgan fingerprint density at radius 3 is 2.18 bits per heavy atom. The summed E-state index contributed by atoms with van der Waals surface area (Å²) in [6.45, 7) is 3.43. The Hall–Kier alpha value is -1.73. The molecule has 0 N–H and O–H groups in total. The third-order valence-corrected chi connectivity index (χ3v) is 7.40. The second-order valence-corrected chi connectivity index (χ2v) is 9.10. The lowest BCUT2D eigenvalue weighted by atomic mass is 10.0. The van der Waals surface area contributed by atoms with Gasteiger partial charge in [-0.1, -0.05) is 79.6 Å². The molecule has 3 heteroatoms. The largest absolute Gasteiger partial charge is 0.379 e. The van der Waals surface area contributed by atoms with Crippen molar-refractivity contribution >= 4 is 11.8 Å². The van der Waals surface area contributed by atoms with E-state index >= 15 is 0 Å². The van der Waals surface area contributed by atoms with Gasteiger partial charge in [0.15, 0.2) is 4.87 Å². The minimum absolute atomic E-state index is 0.317. The van der Waals surface area contributed by atoms with E-state index in [0.29, 0.717) is 5.25 Å². The third-order valence-electron chi connectivity index (χ3n) is 5.66. The summed E-state index contributed by atoms with van der Waals surface area (Å²) in [7, 11) is 0. The molecule has 0 radical (unpaired) electrons. The fourth-order valence-electron chi connectivity index (χ4n) is 4.15. The number of rotatable bonds is 4. The molecule has 0 spiro atoms. The van der Waals surface area contributed by atoms with Gasteiger partial charge in [0.25, 0.3) is 0 Å². The molecule has 4 rings (SSSR count). The minimum atomic E-state index is -0.317. The van der Waals surface area contributed by atoms with Gasteiger partial charge in [0, 0.05) is 23.9 Å². The fourth-order valence-corrected chi connectivity index (χ4v) is 5.92. The molecule has 1 saturated heterocycles. The number of hydrogen-bond donors (Lipinski definition) is 0. The molecule has 1 atom stereocenters. The number of ether oxygens (including phenoxy) is 1. The predicted octanol–water partition coefficient (Wildman–Crippen LogP) is 5.29. The van der Waals surface area contributed by atoms with Gasteiger partial charge in [-0.15, -0.1) is 11.8 Å². The van der Waals surface area contributed by atoms with Crippen molar-refractivity contribution in [3.8, 4) is 11.8 Å². The molecule has 2 aromatic rings. The Morgan fingerprint density at radius 1 is 0.857 bits per heavy atom. The van der Waals surface area contributed by atoms with Crippen molar-refractivity contribution < 1.29 is 4.74 Å². The summed E-state index contributed by atoms with van der Waals surface area (Å²) in [6.07, 6.45) is 6.67. The second kappa shape index (κ2) is 9.65. The van der Waals surface area contributed by atoms with E-state index in [0.717, 1.165) is 31.9 Å². The van der Waals surface area contributed by atoms with Crippen molar-refractivity contribution in [2.75, 3.05) is 26.3 Å². The zero-order valence-electron chi connectivity index (χ0n) is 16.5. The number of nitrogens with zero attached hydrogens (tertiary/aromatic N) is 1. The maximum atomic E-state index is 5.68. The zero-order chi connectivity index (χ0) is 19.1. The van der Waals surface area contributed by atoms with Crippen molar-refractivity contribution in [2.24, 2.45) is 0 Å². The number of thioether (sulfide) groups is 1. The van der Waals surface area contributed by atoms with Crippen LogP contribution in [0.4, 0.5) is 0 Å². The van der Waals surface area contributed by atoms with Crippen LogP contribution in [0.1, 0.15) is 43.2 Å². The Balaban J connectivity index is 1.77. The van der Waals surface area contributed by atoms with Crippen molar-refractivity contribution in [2.45, 2.75) is 42.2 Å². The molecular formula is C25H29NOS. The summed E-state index contributed by atoms with van der Waals surface area (Å²) in [4.78, 5) is 2.24. The first-order valence-electron chi connectivity index (χ1n) is 10.5. The van der Waals surface area contributed by atoms with Crippen LogP contribution in [-0.2, 0) is 9.61 Å². The fraction of sp³-hybridized carbons (Fsp3) is 0.440. The van der Waals surface area contributed by atoms with Crippen LogP contribution in [0.3, 0.4) is 0 Å². The molecule has 1 unspecified atom stereocenters. The first-order valence-corrected chi connectivity index (χ1v) is 11.4. The van der Waals surface area contributed by atoms with Gasteiger partial charge in [-0.25, -0.2) is 0 Å². The lowest BCUT2D eigenvalue weighted by Gasteiger charge is -2.44. The van der Waals surface area contributed by atoms with Gasteiger partial charge in [-0.05, 0) is 30.5 Å². The highest BCUT2D eigenvalue weighted by Crippen LogP contribution is 2.46. The number of morpholine rings is 1. The standard InChI is InChI=1S/C25H29NOS/c1-4-10-22(11-5-1)16-17-25(23-12-6-2-7-13-23,26-18-20-27-21-19-26)28-24-14-8-3-9-15-24/h1-2,4-7,10-13,24H,3,8-9,14-15,18-21H2. The molecular weight excluding hydrogens is 362 g/mol. The predicted molar refractivity (Wildman–Crippen MR) is 118 cm³/mol. The lowest BCUT2D eigenvalue weighted by Crippen LogP contribution is -2.49. The average Bonchev–Trinajstić information content (AvgIpc) is 2.79. The Labute approximate surface area is 173 Å². The van der Waals surface area contributed by atoms with Crippen molar-refractivity contribution in [1.29, 1.82) is 0 Å². The smallest absolute Gasteiger partial charge is 0.156 e. The Kier molecular flexibility index (Phi) is 6.75. The van der Waals surface area contributed by atoms with E-state index in [2.05, 4.69) is 83.1 Å². The van der Waals surface area contributed by atoms with Gasteiger partial charge in [-0.3, -0.25) is 4.90 Å². The van der Waals surface area contributed by atoms with Crippen LogP contribution in [0, 0.1) is 11.8 Å². The van der Waals surface area contributed by atoms with E-state index in [1.54, 1.807) is 0 Å². The highest BCUT2D eigenvalue weighted by molar-refractivity contribution is 8.01. The summed E-state index contributed by atoms with van der Waals surface area (Å²) in [6, 6.07) is 21.3. The van der Waals surface area contributed by atoms with Crippen LogP contribution in [-0.4, -0.2) is 36.5 Å². The molecule has 2 nitrogen and oxygen atoms in total. The summed E-state index contributed by atoms with van der Waals surface area (Å²) in [5.74, 6) is 7.28. The average molecular weight is 392 g/mol. The Bertz CT molecular complexity index is 786. The molecule has 146 valence electrons. The maximum absolute atomic E-state index is 5.68. The van der Waals surface area contributed by atoms with Gasteiger partial charge >= 0.3 is 0 Å². The molecule has 1 aliphatic carbocycles. The van der Waals surface area contributed by atoms with Crippen molar-refractivity contribution in [3.05, 3.63) is 71.8 Å². The maximum Gasteiger partial charge on any atom is 0.156 e. The number of hydrogen-bond acceptors (Lipinski definition) is 3. The Morgan fingerprint density at radius 2 is 1.50 bits per heavy atom. The first kappa shape index (κ1) is 19.6. The topological polar surface area (TPSA) is 12.5 Å². The highest BCUT2D eigenvalue weighted by atomic mass is 32.2. The van der Waals surface area contributed by atoms with E-state index in [9.17, 15) is 0 Å². The molecule has 2 aromatic carbocycles. The third kappa shape index (κ3) is 4.63. The summed E-state index contributed by atoms with van der Waals surface area (Å²) in [5, 5.41) is 0.668. The van der Waals surface area contributed by atoms with E-state index in [1.807, 2.05) is 6.07 Å². The monoisotopic (exact) mass is 391 g/mol. The summed E-state index contributed by atoms with van der Waals surface area (Å²) in [5.41, 5.74) is 2.39. The van der Waals surface area contributed by atoms with E-state index in [-0.39, 0.29) is 4.87 Å². The lowest BCUT2D eigenvalue weighted by molar-refractivity contribution is 0.0192. The molecule has 2 aliphatic rings. The molecule has 28 heavy (non-hydrogen) atoms. The first-order chi connectivity index (χ1) is 13.9. The van der Waals surface area contributed by atoms with Crippen LogP contribution in [0.15, 0.2) is 60.7 Å². The van der Waals surface area contributed by atoms with E-state index in [4.69, 9.17) is 4.74 Å². The molecule has 0 aromatic heterocycles. The van der Waals surface area contributed by atoms with E-state index in [1.165, 1.54) is 37.7 Å². The van der Waals surface area contributed by atoms with Crippen molar-refractivity contribution in [1.82, 2.24) is 4.90 Å². The second-order valence-electron chi connectivity index (χ2n) is 7.60. The molecule has 1 heterocycles. The van der Waals surface area contributed by atoms with Gasteiger partial charge in [0.05, 0.1) is 13.2 Å². The van der Waals surface area contributed by atoms with Gasteiger partial charge in [0.1, 0.15) is 0 Å². The molecule has 0 bridgehead atoms. The van der Waals surface area contributed by atoms with Crippen LogP contribution in [0.5, 0.6) is 0 Å². The molecule has 1 aliphatic heterocycles. The van der Waals surface area contributed by atoms with E-state index < -0.39 is 0 Å².